The Morgan fingerprint density at radius 1 is 1.21 bits per heavy atom. The molecule has 0 spiro atoms. The molecule has 2 amide bonds. The van der Waals surface area contributed by atoms with Crippen molar-refractivity contribution in [3.05, 3.63) is 29.8 Å². The molecule has 2 heterocycles. The van der Waals surface area contributed by atoms with Gasteiger partial charge in [0.2, 0.25) is 17.0 Å². The van der Waals surface area contributed by atoms with Crippen LogP contribution in [-0.4, -0.2) is 83.7 Å². The third-order valence-electron chi connectivity index (χ3n) is 5.48. The summed E-state index contributed by atoms with van der Waals surface area (Å²) in [6, 6.07) is 0. The number of nitrogens with one attached hydrogen (secondary N) is 1. The summed E-state index contributed by atoms with van der Waals surface area (Å²) in [5.41, 5.74) is 5.79. The molecule has 1 atom stereocenters. The second kappa shape index (κ2) is 20.2. The molecule has 14 nitrogen and oxygen atoms in total. The standard InChI is InChI=1S/C24H36N6O3S.C4H7NO4/c1-19(2)11-14-33-24(3,4)12-13-30-18-21(28-29-30)17-25-22(31)10-8-6-7-9-20-15-26-23(27-16-20)34(5)32;5-3(6)1-9-2-4(7)8/h15-16,18-19H,6,8,10-14,17H2,1-5H3,(H,25,31);1-2H2,(H2,5,6)(H,7,8). The molecule has 2 aromatic heterocycles. The van der Waals surface area contributed by atoms with Crippen molar-refractivity contribution in [3.8, 4) is 11.8 Å². The Bertz CT molecular complexity index is 1220. The zero-order valence-electron chi connectivity index (χ0n) is 25.5. The average Bonchev–Trinajstić information content (AvgIpc) is 3.38. The molecular formula is C28H43N7O7S. The Balaban J connectivity index is 0.000000887. The first-order valence-corrected chi connectivity index (χ1v) is 15.3. The summed E-state index contributed by atoms with van der Waals surface area (Å²) >= 11 is 0. The number of hydrogen-bond donors (Lipinski definition) is 3. The highest BCUT2D eigenvalue weighted by Crippen LogP contribution is 2.17. The van der Waals surface area contributed by atoms with Crippen LogP contribution in [0.15, 0.2) is 23.7 Å². The van der Waals surface area contributed by atoms with Crippen molar-refractivity contribution in [2.24, 2.45) is 11.7 Å². The van der Waals surface area contributed by atoms with E-state index in [1.807, 2.05) is 6.20 Å². The van der Waals surface area contributed by atoms with Gasteiger partial charge in [0.25, 0.3) is 0 Å². The fourth-order valence-electron chi connectivity index (χ4n) is 3.10. The van der Waals surface area contributed by atoms with E-state index in [9.17, 15) is 18.6 Å². The third kappa shape index (κ3) is 19.1. The van der Waals surface area contributed by atoms with E-state index in [1.54, 1.807) is 17.1 Å². The molecule has 0 aliphatic carbocycles. The number of unbranched alkanes of at least 4 members (excludes halogenated alkanes) is 1. The predicted molar refractivity (Wildman–Crippen MR) is 159 cm³/mol. The monoisotopic (exact) mass is 621 g/mol. The highest BCUT2D eigenvalue weighted by molar-refractivity contribution is 7.84. The lowest BCUT2D eigenvalue weighted by molar-refractivity contribution is -0.143. The van der Waals surface area contributed by atoms with Crippen LogP contribution in [0.5, 0.6) is 0 Å². The molecule has 4 N–H and O–H groups in total. The summed E-state index contributed by atoms with van der Waals surface area (Å²) in [6.07, 6.45) is 9.99. The minimum Gasteiger partial charge on any atom is -0.480 e. The first-order valence-electron chi connectivity index (χ1n) is 13.8. The largest absolute Gasteiger partial charge is 0.480 e. The summed E-state index contributed by atoms with van der Waals surface area (Å²) in [7, 11) is -1.20. The van der Waals surface area contributed by atoms with Crippen LogP contribution < -0.4 is 11.1 Å². The second-order valence-electron chi connectivity index (χ2n) is 10.5. The van der Waals surface area contributed by atoms with Gasteiger partial charge in [-0.15, -0.1) is 5.10 Å². The molecule has 0 saturated heterocycles. The van der Waals surface area contributed by atoms with Gasteiger partial charge in [-0.3, -0.25) is 18.5 Å². The topological polar surface area (TPSA) is 202 Å². The van der Waals surface area contributed by atoms with Crippen LogP contribution in [0, 0.1) is 17.8 Å². The smallest absolute Gasteiger partial charge is 0.329 e. The summed E-state index contributed by atoms with van der Waals surface area (Å²) in [5, 5.41) is 19.4. The highest BCUT2D eigenvalue weighted by atomic mass is 32.2. The SMILES string of the molecule is CC(C)CCOC(C)(C)CCn1cc(CNC(=O)CCCC#Cc2cnc(S(C)=O)nc2)nn1.NC(=O)COCC(=O)O. The summed E-state index contributed by atoms with van der Waals surface area (Å²) in [4.78, 5) is 39.7. The number of ether oxygens (including phenoxy) is 2. The first-order chi connectivity index (χ1) is 20.3. The number of carbonyl (C=O) groups is 3. The van der Waals surface area contributed by atoms with E-state index in [2.05, 4.69) is 75.6 Å². The zero-order valence-corrected chi connectivity index (χ0v) is 26.3. The van der Waals surface area contributed by atoms with Crippen molar-refractivity contribution in [2.45, 2.75) is 83.6 Å². The van der Waals surface area contributed by atoms with Crippen LogP contribution in [0.3, 0.4) is 0 Å². The lowest BCUT2D eigenvalue weighted by Gasteiger charge is -2.25. The van der Waals surface area contributed by atoms with E-state index < -0.39 is 29.3 Å². The molecule has 2 aromatic rings. The van der Waals surface area contributed by atoms with Gasteiger partial charge in [0.05, 0.1) is 34.7 Å². The number of amides is 2. The summed E-state index contributed by atoms with van der Waals surface area (Å²) in [6.45, 7) is 9.55. The number of carboxylic acid groups (broad SMARTS) is 1. The number of aryl methyl sites for hydroxylation is 1. The van der Waals surface area contributed by atoms with Crippen molar-refractivity contribution in [3.63, 3.8) is 0 Å². The van der Waals surface area contributed by atoms with Crippen LogP contribution in [0.25, 0.3) is 0 Å². The number of aromatic nitrogens is 5. The number of nitrogens with zero attached hydrogens (tertiary/aromatic N) is 5. The molecule has 0 radical (unpaired) electrons. The molecule has 0 saturated carbocycles. The van der Waals surface area contributed by atoms with Crippen molar-refractivity contribution >= 4 is 28.6 Å². The molecule has 1 unspecified atom stereocenters. The van der Waals surface area contributed by atoms with Gasteiger partial charge in [-0.05, 0) is 39.0 Å². The lowest BCUT2D eigenvalue weighted by Crippen LogP contribution is -2.27. The van der Waals surface area contributed by atoms with Gasteiger partial charge in [0.15, 0.2) is 0 Å². The Labute approximate surface area is 255 Å². The number of carboxylic acids is 1. The maximum atomic E-state index is 12.1. The van der Waals surface area contributed by atoms with Gasteiger partial charge >= 0.3 is 5.97 Å². The molecule has 0 aliphatic heterocycles. The van der Waals surface area contributed by atoms with Crippen molar-refractivity contribution < 1.29 is 33.2 Å². The van der Waals surface area contributed by atoms with E-state index in [0.717, 1.165) is 25.1 Å². The second-order valence-corrected chi connectivity index (χ2v) is 11.8. The van der Waals surface area contributed by atoms with Crippen LogP contribution in [0.4, 0.5) is 0 Å². The average molecular weight is 622 g/mol. The van der Waals surface area contributed by atoms with Crippen LogP contribution in [-0.2, 0) is 47.7 Å². The molecule has 0 aliphatic rings. The Hall–Kier alpha value is -3.74. The van der Waals surface area contributed by atoms with Crippen LogP contribution in [0.1, 0.15) is 71.1 Å². The highest BCUT2D eigenvalue weighted by Gasteiger charge is 2.19. The van der Waals surface area contributed by atoms with Gasteiger partial charge in [-0.25, -0.2) is 14.8 Å². The van der Waals surface area contributed by atoms with Crippen molar-refractivity contribution in [2.75, 3.05) is 26.1 Å². The van der Waals surface area contributed by atoms with E-state index in [0.29, 0.717) is 43.8 Å². The van der Waals surface area contributed by atoms with Gasteiger partial charge in [-0.2, -0.15) is 0 Å². The number of carbonyl (C=O) groups excluding carboxylic acids is 2. The fourth-order valence-corrected chi connectivity index (χ4v) is 3.51. The molecule has 0 fully saturated rings. The van der Waals surface area contributed by atoms with Crippen LogP contribution >= 0.6 is 0 Å². The zero-order chi connectivity index (χ0) is 32.3. The predicted octanol–water partition coefficient (Wildman–Crippen LogP) is 1.45. The molecule has 2 rings (SSSR count). The number of aliphatic carboxylic acids is 1. The number of nitrogens with two attached hydrogens (primary N) is 1. The van der Waals surface area contributed by atoms with Crippen molar-refractivity contribution in [1.82, 2.24) is 30.3 Å². The summed E-state index contributed by atoms with van der Waals surface area (Å²) < 4.78 is 23.3. The molecule has 0 aromatic carbocycles. The molecule has 43 heavy (non-hydrogen) atoms. The van der Waals surface area contributed by atoms with Gasteiger partial charge < -0.3 is 25.6 Å². The van der Waals surface area contributed by atoms with Gasteiger partial charge in [-0.1, -0.05) is 30.9 Å². The third-order valence-corrected chi connectivity index (χ3v) is 6.20. The van der Waals surface area contributed by atoms with E-state index in [4.69, 9.17) is 9.84 Å². The Kier molecular flexibility index (Phi) is 17.5. The molecule has 0 bridgehead atoms. The van der Waals surface area contributed by atoms with E-state index in [-0.39, 0.29) is 23.3 Å². The fraction of sp³-hybridized carbons (Fsp3) is 0.607. The van der Waals surface area contributed by atoms with Gasteiger partial charge in [0.1, 0.15) is 18.9 Å². The van der Waals surface area contributed by atoms with Crippen LogP contribution in [0.2, 0.25) is 0 Å². The number of rotatable bonds is 17. The van der Waals surface area contributed by atoms with Gasteiger partial charge in [0, 0.05) is 44.6 Å². The molecule has 238 valence electrons. The van der Waals surface area contributed by atoms with E-state index >= 15 is 0 Å². The quantitative estimate of drug-likeness (QED) is 0.131. The number of primary amides is 1. The minimum absolute atomic E-state index is 0.0471. The summed E-state index contributed by atoms with van der Waals surface area (Å²) in [5.74, 6) is 4.75. The van der Waals surface area contributed by atoms with E-state index in [1.165, 1.54) is 6.26 Å². The Morgan fingerprint density at radius 3 is 2.51 bits per heavy atom. The van der Waals surface area contributed by atoms with Crippen molar-refractivity contribution in [1.29, 1.82) is 0 Å². The maximum absolute atomic E-state index is 12.1. The Morgan fingerprint density at radius 2 is 1.91 bits per heavy atom. The maximum Gasteiger partial charge on any atom is 0.329 e. The lowest BCUT2D eigenvalue weighted by atomic mass is 10.0. The first kappa shape index (κ1) is 37.3. The molecule has 15 heteroatoms. The minimum atomic E-state index is -1.20. The molecular weight excluding hydrogens is 578 g/mol. The number of hydrogen-bond acceptors (Lipinski definition) is 10. The normalized spacial score (nSPS) is 11.6.